The van der Waals surface area contributed by atoms with Crippen LogP contribution in [0.2, 0.25) is 0 Å². The number of nitrogens with zero attached hydrogens (tertiary/aromatic N) is 7. The molecule has 38 heavy (non-hydrogen) atoms. The average Bonchev–Trinajstić information content (AvgIpc) is 3.34. The Morgan fingerprint density at radius 2 is 2.03 bits per heavy atom. The number of aromatic nitrogens is 3. The van der Waals surface area contributed by atoms with Gasteiger partial charge in [0.05, 0.1) is 42.6 Å². The minimum atomic E-state index is -0.668. The van der Waals surface area contributed by atoms with E-state index in [9.17, 15) is 15.2 Å². The number of nitriles is 1. The Morgan fingerprint density at radius 3 is 2.68 bits per heavy atom. The number of fused-ring (bicyclic) bond motifs is 1. The van der Waals surface area contributed by atoms with Gasteiger partial charge < -0.3 is 24.5 Å². The number of aliphatic hydroxyl groups is 1. The van der Waals surface area contributed by atoms with E-state index in [0.29, 0.717) is 56.0 Å². The molecule has 3 aromatic rings. The maximum absolute atomic E-state index is 12.7. The van der Waals surface area contributed by atoms with E-state index >= 15 is 0 Å². The molecule has 0 spiro atoms. The van der Waals surface area contributed by atoms with E-state index in [1.807, 2.05) is 61.2 Å². The highest BCUT2D eigenvalue weighted by molar-refractivity contribution is 5.85. The Bertz CT molecular complexity index is 1300. The van der Waals surface area contributed by atoms with Gasteiger partial charge in [-0.1, -0.05) is 12.2 Å². The molecule has 200 valence electrons. The summed E-state index contributed by atoms with van der Waals surface area (Å²) in [6.45, 7) is 5.77. The van der Waals surface area contributed by atoms with Crippen LogP contribution in [0.15, 0.2) is 48.9 Å². The van der Waals surface area contributed by atoms with Crippen molar-refractivity contribution in [2.24, 2.45) is 0 Å². The maximum atomic E-state index is 12.7. The highest BCUT2D eigenvalue weighted by atomic mass is 16.5. The second kappa shape index (κ2) is 12.5. The smallest absolute Gasteiger partial charge is 0.225 e. The lowest BCUT2D eigenvalue weighted by atomic mass is 10.1. The monoisotopic (exact) mass is 517 g/mol. The summed E-state index contributed by atoms with van der Waals surface area (Å²) < 4.78 is 7.37. The number of hydrogen-bond acceptors (Lipinski definition) is 8. The molecule has 10 nitrogen and oxygen atoms in total. The van der Waals surface area contributed by atoms with E-state index in [2.05, 4.69) is 16.1 Å². The Labute approximate surface area is 223 Å². The van der Waals surface area contributed by atoms with Gasteiger partial charge in [0.25, 0.3) is 0 Å². The van der Waals surface area contributed by atoms with Crippen LogP contribution in [-0.4, -0.2) is 94.9 Å². The number of rotatable bonds is 10. The second-order valence-corrected chi connectivity index (χ2v) is 9.59. The van der Waals surface area contributed by atoms with Crippen molar-refractivity contribution in [2.75, 3.05) is 58.3 Å². The topological polar surface area (TPSA) is 110 Å². The van der Waals surface area contributed by atoms with Gasteiger partial charge in [0, 0.05) is 50.0 Å². The van der Waals surface area contributed by atoms with Gasteiger partial charge in [-0.15, -0.1) is 0 Å². The van der Waals surface area contributed by atoms with Gasteiger partial charge in [-0.3, -0.25) is 4.79 Å². The lowest BCUT2D eigenvalue weighted by molar-refractivity contribution is -0.133. The Hall–Kier alpha value is -3.94. The van der Waals surface area contributed by atoms with Crippen molar-refractivity contribution < 1.29 is 14.6 Å². The van der Waals surface area contributed by atoms with Crippen LogP contribution in [-0.2, 0) is 4.79 Å². The molecule has 1 amide bonds. The van der Waals surface area contributed by atoms with E-state index in [0.717, 1.165) is 23.5 Å². The van der Waals surface area contributed by atoms with Gasteiger partial charge in [-0.05, 0) is 45.6 Å². The van der Waals surface area contributed by atoms with E-state index < -0.39 is 6.10 Å². The van der Waals surface area contributed by atoms with E-state index in [-0.39, 0.29) is 12.3 Å². The molecule has 1 saturated heterocycles. The summed E-state index contributed by atoms with van der Waals surface area (Å²) >= 11 is 0. The Balaban J connectivity index is 1.38. The maximum Gasteiger partial charge on any atom is 0.225 e. The molecule has 0 radical (unpaired) electrons. The first kappa shape index (κ1) is 27.1. The van der Waals surface area contributed by atoms with Gasteiger partial charge >= 0.3 is 0 Å². The van der Waals surface area contributed by atoms with Crippen molar-refractivity contribution in [3.63, 3.8) is 0 Å². The minimum absolute atomic E-state index is 0.0197. The summed E-state index contributed by atoms with van der Waals surface area (Å²) in [5, 5.41) is 24.1. The molecule has 1 fully saturated rings. The van der Waals surface area contributed by atoms with Gasteiger partial charge in [0.2, 0.25) is 5.91 Å². The zero-order valence-electron chi connectivity index (χ0n) is 22.2. The number of hydrogen-bond donors (Lipinski definition) is 1. The number of aliphatic hydroxyl groups excluding tert-OH is 1. The molecule has 0 saturated carbocycles. The van der Waals surface area contributed by atoms with Crippen LogP contribution in [0, 0.1) is 11.3 Å². The molecule has 0 aromatic carbocycles. The second-order valence-electron chi connectivity index (χ2n) is 9.59. The molecular weight excluding hydrogens is 482 g/mol. The van der Waals surface area contributed by atoms with Gasteiger partial charge in [-0.25, -0.2) is 9.50 Å². The summed E-state index contributed by atoms with van der Waals surface area (Å²) in [4.78, 5) is 23.4. The molecule has 10 heteroatoms. The lowest BCUT2D eigenvalue weighted by Crippen LogP contribution is -2.49. The number of ether oxygens (including phenoxy) is 1. The van der Waals surface area contributed by atoms with Crippen LogP contribution in [0.25, 0.3) is 16.6 Å². The van der Waals surface area contributed by atoms with E-state index in [1.165, 1.54) is 0 Å². The fourth-order valence-electron chi connectivity index (χ4n) is 4.51. The lowest BCUT2D eigenvalue weighted by Gasteiger charge is -2.35. The van der Waals surface area contributed by atoms with Gasteiger partial charge in [0.15, 0.2) is 0 Å². The predicted molar refractivity (Wildman–Crippen MR) is 146 cm³/mol. The molecule has 1 aliphatic heterocycles. The third-order valence-corrected chi connectivity index (χ3v) is 6.49. The van der Waals surface area contributed by atoms with Crippen molar-refractivity contribution >= 4 is 17.2 Å². The SMILES string of the molecule is CCOc1cc(-c2ccc(N3CCN(C(=O)CC(O)C/C=C\CN(C)C)CC3)nc2)c2c(C#N)cnn2c1. The molecule has 4 rings (SSSR count). The quantitative estimate of drug-likeness (QED) is 0.409. The molecule has 0 aliphatic carbocycles. The largest absolute Gasteiger partial charge is 0.492 e. The number of piperazine rings is 1. The number of pyridine rings is 2. The van der Waals surface area contributed by atoms with Crippen molar-refractivity contribution in [3.8, 4) is 22.9 Å². The van der Waals surface area contributed by atoms with Crippen LogP contribution in [0.1, 0.15) is 25.3 Å². The highest BCUT2D eigenvalue weighted by Gasteiger charge is 2.23. The van der Waals surface area contributed by atoms with Crippen LogP contribution in [0.5, 0.6) is 5.75 Å². The number of amides is 1. The van der Waals surface area contributed by atoms with Crippen LogP contribution in [0.4, 0.5) is 5.82 Å². The zero-order valence-corrected chi connectivity index (χ0v) is 22.2. The summed E-state index contributed by atoms with van der Waals surface area (Å²) in [6, 6.07) is 8.07. The third-order valence-electron chi connectivity index (χ3n) is 6.49. The van der Waals surface area contributed by atoms with Crippen LogP contribution >= 0.6 is 0 Å². The van der Waals surface area contributed by atoms with Crippen molar-refractivity contribution in [1.29, 1.82) is 5.26 Å². The van der Waals surface area contributed by atoms with Crippen molar-refractivity contribution in [1.82, 2.24) is 24.4 Å². The molecule has 1 aliphatic rings. The van der Waals surface area contributed by atoms with Gasteiger partial charge in [0.1, 0.15) is 17.6 Å². The first-order valence-electron chi connectivity index (χ1n) is 12.9. The van der Waals surface area contributed by atoms with Crippen LogP contribution < -0.4 is 9.64 Å². The van der Waals surface area contributed by atoms with Crippen molar-refractivity contribution in [3.05, 3.63) is 54.5 Å². The molecule has 1 N–H and O–H groups in total. The Morgan fingerprint density at radius 1 is 1.24 bits per heavy atom. The summed E-state index contributed by atoms with van der Waals surface area (Å²) in [7, 11) is 3.97. The normalized spacial score (nSPS) is 14.8. The number of likely N-dealkylation sites (N-methyl/N-ethyl adjacent to an activating group) is 1. The van der Waals surface area contributed by atoms with E-state index in [1.54, 1.807) is 23.1 Å². The minimum Gasteiger partial charge on any atom is -0.492 e. The zero-order chi connectivity index (χ0) is 27.1. The first-order chi connectivity index (χ1) is 18.4. The molecular formula is C28H35N7O3. The number of carbonyl (C=O) groups excluding carboxylic acids is 1. The van der Waals surface area contributed by atoms with Crippen molar-refractivity contribution in [2.45, 2.75) is 25.9 Å². The fraction of sp³-hybridized carbons (Fsp3) is 0.429. The summed E-state index contributed by atoms with van der Waals surface area (Å²) in [5.41, 5.74) is 2.89. The molecule has 0 bridgehead atoms. The summed E-state index contributed by atoms with van der Waals surface area (Å²) in [5.74, 6) is 1.48. The Kier molecular flexibility index (Phi) is 8.94. The average molecular weight is 518 g/mol. The number of carbonyl (C=O) groups is 1. The predicted octanol–water partition coefficient (Wildman–Crippen LogP) is 2.57. The van der Waals surface area contributed by atoms with Crippen LogP contribution in [0.3, 0.4) is 0 Å². The molecule has 1 atom stereocenters. The third kappa shape index (κ3) is 6.49. The fourth-order valence-corrected chi connectivity index (χ4v) is 4.51. The van der Waals surface area contributed by atoms with E-state index in [4.69, 9.17) is 9.72 Å². The standard InChI is InChI=1S/C28H35N7O3/c1-4-38-24-16-25(28-22(17-29)19-31-35(28)20-24)21-8-9-26(30-18-21)33-11-13-34(14-12-33)27(37)15-23(36)7-5-6-10-32(2)3/h5-6,8-9,16,18-20,23,36H,4,7,10-15H2,1-3H3/b6-5-. The molecule has 4 heterocycles. The summed E-state index contributed by atoms with van der Waals surface area (Å²) in [6.07, 6.45) is 8.99. The van der Waals surface area contributed by atoms with Gasteiger partial charge in [-0.2, -0.15) is 10.4 Å². The molecule has 3 aromatic heterocycles. The molecule has 1 unspecified atom stereocenters. The first-order valence-corrected chi connectivity index (χ1v) is 12.9. The number of anilines is 1. The highest BCUT2D eigenvalue weighted by Crippen LogP contribution is 2.31.